The maximum atomic E-state index is 14.1. The highest BCUT2D eigenvalue weighted by molar-refractivity contribution is 7.93. The predicted octanol–water partition coefficient (Wildman–Crippen LogP) is 4.03. The van der Waals surface area contributed by atoms with Gasteiger partial charge in [0.2, 0.25) is 15.9 Å². The molecule has 206 valence electrons. The Morgan fingerprint density at radius 2 is 1.97 bits per heavy atom. The lowest BCUT2D eigenvalue weighted by molar-refractivity contribution is 0.115. The van der Waals surface area contributed by atoms with Gasteiger partial charge in [-0.2, -0.15) is 8.78 Å². The van der Waals surface area contributed by atoms with E-state index in [9.17, 15) is 26.4 Å². The summed E-state index contributed by atoms with van der Waals surface area (Å²) in [5, 5.41) is 6.14. The summed E-state index contributed by atoms with van der Waals surface area (Å²) in [7, 11) is -2.75. The van der Waals surface area contributed by atoms with Crippen molar-refractivity contribution < 1.29 is 35.5 Å². The number of carbonyl (C=O) groups excluding carboxylic acids is 1. The highest BCUT2D eigenvalue weighted by Gasteiger charge is 2.37. The maximum absolute atomic E-state index is 14.1. The number of ether oxygens (including phenoxy) is 1. The summed E-state index contributed by atoms with van der Waals surface area (Å²) < 4.78 is 79.9. The van der Waals surface area contributed by atoms with Gasteiger partial charge in [0.15, 0.2) is 0 Å². The van der Waals surface area contributed by atoms with Crippen molar-refractivity contribution in [1.29, 1.82) is 0 Å². The predicted molar refractivity (Wildman–Crippen MR) is 132 cm³/mol. The molecular formula is C24H23F3N6O5S. The van der Waals surface area contributed by atoms with Gasteiger partial charge < -0.3 is 18.5 Å². The SMILES string of the molecule is COC(=O)N1CCC(S(=O)(=O)N(Cc2cn3ccc(-c4nnc(C(F)F)o4)cc3n2)c2cccc(F)c2)CC1. The second-order valence-corrected chi connectivity index (χ2v) is 11.0. The number of nitrogens with zero attached hydrogens (tertiary/aromatic N) is 6. The van der Waals surface area contributed by atoms with Crippen molar-refractivity contribution in [2.24, 2.45) is 0 Å². The molecule has 4 heterocycles. The number of likely N-dealkylation sites (tertiary alicyclic amines) is 1. The molecule has 0 saturated carbocycles. The summed E-state index contributed by atoms with van der Waals surface area (Å²) in [5.74, 6) is -1.52. The molecule has 1 aromatic carbocycles. The van der Waals surface area contributed by atoms with Crippen LogP contribution in [0, 0.1) is 5.82 Å². The molecule has 39 heavy (non-hydrogen) atoms. The molecule has 0 unspecified atom stereocenters. The van der Waals surface area contributed by atoms with Crippen LogP contribution in [0.3, 0.4) is 0 Å². The lowest BCUT2D eigenvalue weighted by Gasteiger charge is -2.34. The largest absolute Gasteiger partial charge is 0.453 e. The number of rotatable bonds is 7. The molecule has 1 fully saturated rings. The van der Waals surface area contributed by atoms with E-state index in [0.717, 1.165) is 10.4 Å². The van der Waals surface area contributed by atoms with E-state index < -0.39 is 39.5 Å². The molecular weight excluding hydrogens is 541 g/mol. The number of halogens is 3. The summed E-state index contributed by atoms with van der Waals surface area (Å²) in [5.41, 5.74) is 1.22. The van der Waals surface area contributed by atoms with E-state index in [2.05, 4.69) is 15.2 Å². The number of sulfonamides is 1. The van der Waals surface area contributed by atoms with Crippen molar-refractivity contribution >= 4 is 27.5 Å². The molecule has 0 spiro atoms. The summed E-state index contributed by atoms with van der Waals surface area (Å²) in [4.78, 5) is 17.8. The number of aromatic nitrogens is 4. The number of amides is 1. The third kappa shape index (κ3) is 5.39. The molecule has 1 aliphatic rings. The van der Waals surface area contributed by atoms with Crippen molar-refractivity contribution in [3.05, 3.63) is 66.2 Å². The number of hydrogen-bond acceptors (Lipinski definition) is 8. The standard InChI is InChI=1S/C24H23F3N6O5S/c1-37-24(34)31-9-6-19(7-10-31)39(35,36)33(18-4-2-3-16(25)12-18)14-17-13-32-8-5-15(11-20(32)28-17)22-29-30-23(38-22)21(26)27/h2-5,8,11-13,19,21H,6-7,9-10,14H2,1H3. The van der Waals surface area contributed by atoms with Gasteiger partial charge in [-0.25, -0.2) is 22.6 Å². The average molecular weight is 565 g/mol. The molecule has 0 aliphatic carbocycles. The molecule has 5 rings (SSSR count). The second kappa shape index (κ2) is 10.6. The van der Waals surface area contributed by atoms with Crippen molar-refractivity contribution in [3.63, 3.8) is 0 Å². The minimum atomic E-state index is -4.01. The molecule has 15 heteroatoms. The minimum absolute atomic E-state index is 0.111. The molecule has 1 aliphatic heterocycles. The quantitative estimate of drug-likeness (QED) is 0.330. The Kier molecular flexibility index (Phi) is 7.16. The lowest BCUT2D eigenvalue weighted by Crippen LogP contribution is -2.46. The summed E-state index contributed by atoms with van der Waals surface area (Å²) in [6.45, 7) is 0.206. The van der Waals surface area contributed by atoms with Crippen LogP contribution < -0.4 is 4.31 Å². The number of imidazole rings is 1. The van der Waals surface area contributed by atoms with Gasteiger partial charge in [0.05, 0.1) is 30.3 Å². The molecule has 4 aromatic rings. The van der Waals surface area contributed by atoms with Crippen LogP contribution in [0.4, 0.5) is 23.7 Å². The number of anilines is 1. The molecule has 0 N–H and O–H groups in total. The van der Waals surface area contributed by atoms with Gasteiger partial charge in [0.25, 0.3) is 5.89 Å². The maximum Gasteiger partial charge on any atom is 0.409 e. The van der Waals surface area contributed by atoms with E-state index in [-0.39, 0.29) is 44.1 Å². The van der Waals surface area contributed by atoms with E-state index in [1.807, 2.05) is 0 Å². The second-order valence-electron chi connectivity index (χ2n) is 8.85. The lowest BCUT2D eigenvalue weighted by atomic mass is 10.1. The number of piperidine rings is 1. The normalized spacial score (nSPS) is 14.7. The fraction of sp³-hybridized carbons (Fsp3) is 0.333. The summed E-state index contributed by atoms with van der Waals surface area (Å²) >= 11 is 0. The number of fused-ring (bicyclic) bond motifs is 1. The van der Waals surface area contributed by atoms with Gasteiger partial charge in [0, 0.05) is 31.0 Å². The smallest absolute Gasteiger partial charge is 0.409 e. The third-order valence-electron chi connectivity index (χ3n) is 6.39. The summed E-state index contributed by atoms with van der Waals surface area (Å²) in [6, 6.07) is 8.36. The van der Waals surface area contributed by atoms with E-state index >= 15 is 0 Å². The number of methoxy groups -OCH3 is 1. The van der Waals surface area contributed by atoms with Crippen LogP contribution in [-0.4, -0.2) is 64.4 Å². The topological polar surface area (TPSA) is 123 Å². The average Bonchev–Trinajstić information content (AvgIpc) is 3.58. The minimum Gasteiger partial charge on any atom is -0.453 e. The Morgan fingerprint density at radius 1 is 1.21 bits per heavy atom. The number of benzene rings is 1. The Hall–Kier alpha value is -4.14. The molecule has 1 amide bonds. The van der Waals surface area contributed by atoms with Crippen molar-refractivity contribution in [3.8, 4) is 11.5 Å². The van der Waals surface area contributed by atoms with E-state index in [0.29, 0.717) is 16.9 Å². The number of carbonyl (C=O) groups is 1. The Labute approximate surface area is 220 Å². The van der Waals surface area contributed by atoms with Gasteiger partial charge in [0.1, 0.15) is 11.5 Å². The first-order valence-corrected chi connectivity index (χ1v) is 13.4. The van der Waals surface area contributed by atoms with Gasteiger partial charge in [-0.3, -0.25) is 4.31 Å². The van der Waals surface area contributed by atoms with Crippen LogP contribution in [0.25, 0.3) is 17.1 Å². The van der Waals surface area contributed by atoms with E-state index in [4.69, 9.17) is 9.15 Å². The van der Waals surface area contributed by atoms with Crippen LogP contribution in [0.5, 0.6) is 0 Å². The van der Waals surface area contributed by atoms with Crippen LogP contribution in [-0.2, 0) is 21.3 Å². The van der Waals surface area contributed by atoms with Crippen molar-refractivity contribution in [2.45, 2.75) is 31.1 Å². The number of hydrogen-bond donors (Lipinski definition) is 0. The zero-order chi connectivity index (χ0) is 27.7. The third-order valence-corrected chi connectivity index (χ3v) is 8.66. The molecule has 0 radical (unpaired) electrons. The van der Waals surface area contributed by atoms with Gasteiger partial charge in [-0.15, -0.1) is 10.2 Å². The zero-order valence-electron chi connectivity index (χ0n) is 20.6. The molecule has 0 bridgehead atoms. The first kappa shape index (κ1) is 26.5. The first-order chi connectivity index (χ1) is 18.7. The van der Waals surface area contributed by atoms with Crippen molar-refractivity contribution in [2.75, 3.05) is 24.5 Å². The molecule has 1 saturated heterocycles. The highest BCUT2D eigenvalue weighted by Crippen LogP contribution is 2.29. The van der Waals surface area contributed by atoms with Crippen LogP contribution >= 0.6 is 0 Å². The number of alkyl halides is 2. The van der Waals surface area contributed by atoms with Gasteiger partial charge >= 0.3 is 12.5 Å². The fourth-order valence-electron chi connectivity index (χ4n) is 4.43. The zero-order valence-corrected chi connectivity index (χ0v) is 21.4. The molecule has 11 nitrogen and oxygen atoms in total. The van der Waals surface area contributed by atoms with Crippen LogP contribution in [0.15, 0.2) is 53.2 Å². The molecule has 0 atom stereocenters. The number of pyridine rings is 1. The van der Waals surface area contributed by atoms with Gasteiger partial charge in [-0.1, -0.05) is 6.07 Å². The van der Waals surface area contributed by atoms with Gasteiger partial charge in [-0.05, 0) is 43.2 Å². The Balaban J connectivity index is 1.44. The van der Waals surface area contributed by atoms with E-state index in [1.54, 1.807) is 22.9 Å². The Morgan fingerprint density at radius 3 is 2.64 bits per heavy atom. The van der Waals surface area contributed by atoms with Crippen molar-refractivity contribution in [1.82, 2.24) is 24.5 Å². The first-order valence-electron chi connectivity index (χ1n) is 11.9. The Bertz CT molecular complexity index is 1600. The van der Waals surface area contributed by atoms with Crippen LogP contribution in [0.2, 0.25) is 0 Å². The van der Waals surface area contributed by atoms with E-state index in [1.165, 1.54) is 36.3 Å². The monoisotopic (exact) mass is 564 g/mol. The summed E-state index contributed by atoms with van der Waals surface area (Å²) in [6.07, 6.45) is 0.140. The molecule has 3 aromatic heterocycles. The highest BCUT2D eigenvalue weighted by atomic mass is 32.2. The van der Waals surface area contributed by atoms with Crippen LogP contribution in [0.1, 0.15) is 30.9 Å². The fourth-order valence-corrected chi connectivity index (χ4v) is 6.32.